The third-order valence-electron chi connectivity index (χ3n) is 3.74. The van der Waals surface area contributed by atoms with Crippen molar-refractivity contribution in [3.63, 3.8) is 0 Å². The highest BCUT2D eigenvalue weighted by molar-refractivity contribution is 5.56. The van der Waals surface area contributed by atoms with Crippen molar-refractivity contribution in [2.24, 2.45) is 0 Å². The molecule has 1 aliphatic rings. The van der Waals surface area contributed by atoms with E-state index in [0.29, 0.717) is 0 Å². The van der Waals surface area contributed by atoms with E-state index >= 15 is 0 Å². The monoisotopic (exact) mass is 250 g/mol. The fourth-order valence-corrected chi connectivity index (χ4v) is 2.66. The number of hydrogen-bond donors (Lipinski definition) is 0. The second-order valence-electron chi connectivity index (χ2n) is 5.02. The Labute approximate surface area is 114 Å². The van der Waals surface area contributed by atoms with E-state index in [9.17, 15) is 0 Å². The zero-order valence-corrected chi connectivity index (χ0v) is 11.2. The van der Waals surface area contributed by atoms with E-state index in [1.54, 1.807) is 7.11 Å². The molecule has 19 heavy (non-hydrogen) atoms. The highest BCUT2D eigenvalue weighted by atomic mass is 16.5. The minimum absolute atomic E-state index is 0.913. The van der Waals surface area contributed by atoms with Crippen molar-refractivity contribution in [3.8, 4) is 5.75 Å². The first kappa shape index (κ1) is 12.0. The topological polar surface area (TPSA) is 9.23 Å². The first-order valence-corrected chi connectivity index (χ1v) is 6.75. The molecule has 0 amide bonds. The van der Waals surface area contributed by atoms with E-state index in [1.807, 2.05) is 12.1 Å². The quantitative estimate of drug-likeness (QED) is 0.773. The van der Waals surface area contributed by atoms with Crippen molar-refractivity contribution >= 4 is 6.08 Å². The molecule has 0 aromatic heterocycles. The highest BCUT2D eigenvalue weighted by Gasteiger charge is 2.11. The molecule has 3 rings (SSSR count). The summed E-state index contributed by atoms with van der Waals surface area (Å²) in [6, 6.07) is 17.0. The van der Waals surface area contributed by atoms with Crippen LogP contribution in [-0.2, 0) is 12.8 Å². The molecule has 1 heteroatoms. The van der Waals surface area contributed by atoms with E-state index < -0.39 is 0 Å². The van der Waals surface area contributed by atoms with Crippen LogP contribution in [0.2, 0.25) is 0 Å². The van der Waals surface area contributed by atoms with Crippen molar-refractivity contribution in [1.29, 1.82) is 0 Å². The van der Waals surface area contributed by atoms with Gasteiger partial charge in [-0.05, 0) is 48.1 Å². The fourth-order valence-electron chi connectivity index (χ4n) is 2.66. The summed E-state index contributed by atoms with van der Waals surface area (Å²) in [6.45, 7) is 0. The van der Waals surface area contributed by atoms with Gasteiger partial charge in [-0.2, -0.15) is 0 Å². The first-order valence-electron chi connectivity index (χ1n) is 6.75. The smallest absolute Gasteiger partial charge is 0.118 e. The molecule has 0 fully saturated rings. The number of benzene rings is 2. The second-order valence-corrected chi connectivity index (χ2v) is 5.02. The minimum Gasteiger partial charge on any atom is -0.497 e. The minimum atomic E-state index is 0.913. The van der Waals surface area contributed by atoms with Crippen LogP contribution in [0.25, 0.3) is 6.08 Å². The summed E-state index contributed by atoms with van der Waals surface area (Å²) in [5.41, 5.74) is 5.77. The van der Waals surface area contributed by atoms with Crippen molar-refractivity contribution < 1.29 is 4.74 Å². The van der Waals surface area contributed by atoms with Gasteiger partial charge in [-0.3, -0.25) is 0 Å². The lowest BCUT2D eigenvalue weighted by Gasteiger charge is -2.18. The van der Waals surface area contributed by atoms with Gasteiger partial charge < -0.3 is 4.74 Å². The molecular weight excluding hydrogens is 232 g/mol. The third-order valence-corrected chi connectivity index (χ3v) is 3.74. The van der Waals surface area contributed by atoms with Crippen molar-refractivity contribution in [2.75, 3.05) is 7.11 Å². The number of allylic oxidation sites excluding steroid dienone is 1. The number of hydrogen-bond acceptors (Lipinski definition) is 1. The lowest BCUT2D eigenvalue weighted by molar-refractivity contribution is 0.415. The summed E-state index contributed by atoms with van der Waals surface area (Å²) >= 11 is 0. The predicted molar refractivity (Wildman–Crippen MR) is 79.4 cm³/mol. The Bertz CT molecular complexity index is 593. The molecule has 0 aliphatic heterocycles. The number of ether oxygens (including phenoxy) is 1. The zero-order chi connectivity index (χ0) is 13.1. The Morgan fingerprint density at radius 2 is 1.63 bits per heavy atom. The van der Waals surface area contributed by atoms with E-state index in [2.05, 4.69) is 42.5 Å². The molecule has 2 aromatic carbocycles. The van der Waals surface area contributed by atoms with Crippen LogP contribution >= 0.6 is 0 Å². The maximum Gasteiger partial charge on any atom is 0.118 e. The number of rotatable bonds is 2. The van der Waals surface area contributed by atoms with E-state index in [1.165, 1.54) is 28.7 Å². The van der Waals surface area contributed by atoms with Gasteiger partial charge in [-0.1, -0.05) is 48.0 Å². The largest absolute Gasteiger partial charge is 0.497 e. The fraction of sp³-hybridized carbons (Fsp3) is 0.222. The van der Waals surface area contributed by atoms with Crippen molar-refractivity contribution in [3.05, 3.63) is 70.8 Å². The molecule has 0 atom stereocenters. The second kappa shape index (κ2) is 5.31. The van der Waals surface area contributed by atoms with Crippen molar-refractivity contribution in [2.45, 2.75) is 19.3 Å². The molecule has 1 nitrogen and oxygen atoms in total. The van der Waals surface area contributed by atoms with Gasteiger partial charge in [0, 0.05) is 0 Å². The van der Waals surface area contributed by atoms with Gasteiger partial charge in [0.2, 0.25) is 0 Å². The van der Waals surface area contributed by atoms with Crippen LogP contribution in [0, 0.1) is 0 Å². The molecule has 0 spiro atoms. The van der Waals surface area contributed by atoms with Gasteiger partial charge in [0.25, 0.3) is 0 Å². The van der Waals surface area contributed by atoms with Crippen LogP contribution in [0.3, 0.4) is 0 Å². The highest BCUT2D eigenvalue weighted by Crippen LogP contribution is 2.26. The Hall–Kier alpha value is -2.02. The van der Waals surface area contributed by atoms with Gasteiger partial charge in [0.05, 0.1) is 7.11 Å². The first-order chi connectivity index (χ1) is 9.35. The van der Waals surface area contributed by atoms with Crippen LogP contribution in [0.4, 0.5) is 0 Å². The van der Waals surface area contributed by atoms with Crippen LogP contribution < -0.4 is 4.74 Å². The summed E-state index contributed by atoms with van der Waals surface area (Å²) in [4.78, 5) is 0. The standard InChI is InChI=1S/C18H18O/c1-19-18-10-7-14(8-11-18)12-15-6-9-16-4-2-3-5-17(16)13-15/h2-5,7-8,10-12H,6,9,13H2,1H3/b15-12+. The maximum absolute atomic E-state index is 5.18. The van der Waals surface area contributed by atoms with Gasteiger partial charge in [-0.15, -0.1) is 0 Å². The Kier molecular flexibility index (Phi) is 3.37. The van der Waals surface area contributed by atoms with Gasteiger partial charge >= 0.3 is 0 Å². The normalized spacial score (nSPS) is 16.2. The van der Waals surface area contributed by atoms with Crippen LogP contribution in [0.15, 0.2) is 54.1 Å². The zero-order valence-electron chi connectivity index (χ0n) is 11.2. The Morgan fingerprint density at radius 3 is 2.37 bits per heavy atom. The van der Waals surface area contributed by atoms with E-state index in [0.717, 1.165) is 18.6 Å². The van der Waals surface area contributed by atoms with Crippen LogP contribution in [-0.4, -0.2) is 7.11 Å². The molecule has 0 saturated heterocycles. The summed E-state index contributed by atoms with van der Waals surface area (Å²) in [5.74, 6) is 0.913. The summed E-state index contributed by atoms with van der Waals surface area (Å²) < 4.78 is 5.18. The molecule has 0 saturated carbocycles. The van der Waals surface area contributed by atoms with Gasteiger partial charge in [0.15, 0.2) is 0 Å². The third kappa shape index (κ3) is 2.70. The van der Waals surface area contributed by atoms with Crippen LogP contribution in [0.1, 0.15) is 23.1 Å². The lowest BCUT2D eigenvalue weighted by Crippen LogP contribution is -2.04. The molecule has 0 heterocycles. The molecule has 96 valence electrons. The SMILES string of the molecule is COc1ccc(/C=C2\CCc3ccccc3C2)cc1. The van der Waals surface area contributed by atoms with Gasteiger partial charge in [-0.25, -0.2) is 0 Å². The Morgan fingerprint density at radius 1 is 0.895 bits per heavy atom. The lowest BCUT2D eigenvalue weighted by atomic mass is 9.87. The van der Waals surface area contributed by atoms with Crippen molar-refractivity contribution in [1.82, 2.24) is 0 Å². The number of methoxy groups -OCH3 is 1. The average Bonchev–Trinajstić information content (AvgIpc) is 2.48. The molecular formula is C18H18O. The summed E-state index contributed by atoms with van der Waals surface area (Å²) in [7, 11) is 1.70. The van der Waals surface area contributed by atoms with Gasteiger partial charge in [0.1, 0.15) is 5.75 Å². The van der Waals surface area contributed by atoms with E-state index in [4.69, 9.17) is 4.74 Å². The van der Waals surface area contributed by atoms with Crippen LogP contribution in [0.5, 0.6) is 5.75 Å². The summed E-state index contributed by atoms with van der Waals surface area (Å²) in [5, 5.41) is 0. The molecule has 0 N–H and O–H groups in total. The average molecular weight is 250 g/mol. The molecule has 0 unspecified atom stereocenters. The number of aryl methyl sites for hydroxylation is 1. The van der Waals surface area contributed by atoms with E-state index in [-0.39, 0.29) is 0 Å². The Balaban J connectivity index is 1.81. The molecule has 2 aromatic rings. The number of fused-ring (bicyclic) bond motifs is 1. The summed E-state index contributed by atoms with van der Waals surface area (Å²) in [6.07, 6.45) is 5.73. The maximum atomic E-state index is 5.18. The molecule has 1 aliphatic carbocycles. The molecule has 0 bridgehead atoms. The predicted octanol–water partition coefficient (Wildman–Crippen LogP) is 4.27. The molecule has 0 radical (unpaired) electrons.